The van der Waals surface area contributed by atoms with E-state index in [0.717, 1.165) is 0 Å². The molecule has 2 nitrogen and oxygen atoms in total. The summed E-state index contributed by atoms with van der Waals surface area (Å²) in [5.74, 6) is 0. The van der Waals surface area contributed by atoms with E-state index in [1.165, 1.54) is 163 Å². The zero-order chi connectivity index (χ0) is 42.1. The Balaban J connectivity index is 1.45. The first-order valence-corrected chi connectivity index (χ1v) is 22.1. The van der Waals surface area contributed by atoms with E-state index in [2.05, 4.69) is 175 Å². The summed E-state index contributed by atoms with van der Waals surface area (Å²) in [6.45, 7) is 38.2. The first-order valence-electron chi connectivity index (χ1n) is 22.1. The van der Waals surface area contributed by atoms with E-state index in [9.17, 15) is 0 Å². The second kappa shape index (κ2) is 12.3. The summed E-state index contributed by atoms with van der Waals surface area (Å²) >= 11 is 0. The molecule has 3 aliphatic rings. The molecular formula is C56H61BN2. The van der Waals surface area contributed by atoms with Crippen LogP contribution in [0.5, 0.6) is 0 Å². The van der Waals surface area contributed by atoms with Gasteiger partial charge in [-0.3, -0.25) is 0 Å². The molecule has 0 fully saturated rings. The molecule has 298 valence electrons. The van der Waals surface area contributed by atoms with Crippen LogP contribution >= 0.6 is 0 Å². The molecule has 0 saturated carbocycles. The average Bonchev–Trinajstić information content (AvgIpc) is 3.56. The van der Waals surface area contributed by atoms with E-state index < -0.39 is 0 Å². The molecule has 0 N–H and O–H groups in total. The first kappa shape index (κ1) is 38.2. The van der Waals surface area contributed by atoms with Gasteiger partial charge in [-0.15, -0.1) is 0 Å². The third-order valence-electron chi connectivity index (χ3n) is 16.8. The lowest BCUT2D eigenvalue weighted by atomic mass is 9.43. The summed E-state index contributed by atoms with van der Waals surface area (Å²) in [6.07, 6.45) is 2.41. The molecule has 1 aliphatic carbocycles. The standard InChI is InChI=1S/C56H61BN2/c1-28-30(3)37(10)52(38(11)31(28)4)58-47-27-41(40-21-22-44-45(26-40)56(15,16)24-23-55(44,13)14)25-43-49-35(8)33(6)34(7)48-42-19-17-18-20-46(42)59(54(48)49)57(51(43)47)50-36(9)29(2)32(5)39(12)53(50)58/h17-22,25-27H,23-24H2,1-16H3. The summed E-state index contributed by atoms with van der Waals surface area (Å²) in [5.41, 5.74) is 35.0. The van der Waals surface area contributed by atoms with E-state index in [4.69, 9.17) is 0 Å². The van der Waals surface area contributed by atoms with E-state index in [1.54, 1.807) is 0 Å². The van der Waals surface area contributed by atoms with Crippen molar-refractivity contribution in [1.29, 1.82) is 0 Å². The van der Waals surface area contributed by atoms with Crippen molar-refractivity contribution >= 4 is 56.6 Å². The van der Waals surface area contributed by atoms with Gasteiger partial charge in [-0.2, -0.15) is 0 Å². The SMILES string of the molecule is Cc1c(C)c(C)c(N2c3cc(-c4ccc5c(c4)C(C)(C)CCC5(C)C)cc4c3B(c3c(C)c(C)c(C)c(C)c32)n2c3ccccc3c3c(C)c(C)c(C)c-4c32)c(C)c1C. The van der Waals surface area contributed by atoms with Gasteiger partial charge in [0.15, 0.2) is 0 Å². The highest BCUT2D eigenvalue weighted by atomic mass is 15.2. The summed E-state index contributed by atoms with van der Waals surface area (Å²) in [7, 11) is 0. The van der Waals surface area contributed by atoms with Gasteiger partial charge >= 0.3 is 6.85 Å². The number of hydrogen-bond acceptors (Lipinski definition) is 1. The van der Waals surface area contributed by atoms with Crippen molar-refractivity contribution in [3.8, 4) is 22.3 Å². The lowest BCUT2D eigenvalue weighted by Crippen LogP contribution is -2.58. The molecule has 0 amide bonds. The monoisotopic (exact) mass is 772 g/mol. The Morgan fingerprint density at radius 3 is 1.71 bits per heavy atom. The van der Waals surface area contributed by atoms with Crippen LogP contribution in [0.1, 0.15) is 118 Å². The number of aromatic nitrogens is 1. The number of para-hydroxylation sites is 1. The van der Waals surface area contributed by atoms with Gasteiger partial charge in [0.25, 0.3) is 0 Å². The molecule has 0 bridgehead atoms. The normalized spacial score (nSPS) is 15.9. The Hall–Kier alpha value is -5.02. The number of fused-ring (bicyclic) bond motifs is 8. The number of rotatable bonds is 2. The highest BCUT2D eigenvalue weighted by Gasteiger charge is 2.46. The fraction of sp³-hybridized carbons (Fsp3) is 0.357. The van der Waals surface area contributed by atoms with Crippen molar-refractivity contribution < 1.29 is 0 Å². The van der Waals surface area contributed by atoms with Crippen molar-refractivity contribution in [3.63, 3.8) is 0 Å². The predicted octanol–water partition coefficient (Wildman–Crippen LogP) is 13.9. The molecule has 3 heterocycles. The van der Waals surface area contributed by atoms with Crippen molar-refractivity contribution in [2.75, 3.05) is 4.90 Å². The third-order valence-corrected chi connectivity index (χ3v) is 16.8. The number of hydrogen-bond donors (Lipinski definition) is 0. The van der Waals surface area contributed by atoms with Gasteiger partial charge in [0.2, 0.25) is 0 Å². The number of nitrogens with zero attached hydrogens (tertiary/aromatic N) is 2. The molecule has 59 heavy (non-hydrogen) atoms. The minimum atomic E-state index is 0.0197. The van der Waals surface area contributed by atoms with Crippen molar-refractivity contribution in [2.45, 2.75) is 134 Å². The second-order valence-electron chi connectivity index (χ2n) is 20.3. The lowest BCUT2D eigenvalue weighted by molar-refractivity contribution is 0.332. The molecule has 0 unspecified atom stereocenters. The number of aryl methyl sites for hydroxylation is 1. The number of anilines is 3. The molecule has 0 spiro atoms. The smallest absolute Gasteiger partial charge is 0.333 e. The Labute approximate surface area is 353 Å². The fourth-order valence-electron chi connectivity index (χ4n) is 12.1. The maximum atomic E-state index is 2.77. The van der Waals surface area contributed by atoms with Gasteiger partial charge in [-0.1, -0.05) is 64.1 Å². The molecule has 6 aromatic carbocycles. The molecule has 10 rings (SSSR count). The van der Waals surface area contributed by atoms with Gasteiger partial charge in [0.05, 0.1) is 5.69 Å². The fourth-order valence-corrected chi connectivity index (χ4v) is 12.1. The number of benzene rings is 6. The molecule has 2 aliphatic heterocycles. The molecular weight excluding hydrogens is 711 g/mol. The van der Waals surface area contributed by atoms with Gasteiger partial charge in [-0.05, 0) is 230 Å². The minimum Gasteiger partial charge on any atom is -0.375 e. The van der Waals surface area contributed by atoms with E-state index in [-0.39, 0.29) is 17.7 Å². The van der Waals surface area contributed by atoms with Crippen LogP contribution in [0.4, 0.5) is 17.1 Å². The molecule has 1 aromatic heterocycles. The topological polar surface area (TPSA) is 8.17 Å². The van der Waals surface area contributed by atoms with E-state index in [1.807, 2.05) is 0 Å². The highest BCUT2D eigenvalue weighted by Crippen LogP contribution is 2.53. The molecule has 0 saturated heterocycles. The van der Waals surface area contributed by atoms with Crippen LogP contribution in [0, 0.1) is 83.1 Å². The second-order valence-corrected chi connectivity index (χ2v) is 20.3. The van der Waals surface area contributed by atoms with Gasteiger partial charge in [0.1, 0.15) is 0 Å². The van der Waals surface area contributed by atoms with Crippen molar-refractivity contribution in [3.05, 3.63) is 132 Å². The zero-order valence-corrected chi connectivity index (χ0v) is 38.6. The molecule has 0 atom stereocenters. The highest BCUT2D eigenvalue weighted by molar-refractivity contribution is 6.90. The van der Waals surface area contributed by atoms with E-state index >= 15 is 0 Å². The summed E-state index contributed by atoms with van der Waals surface area (Å²) in [4.78, 5) is 2.75. The predicted molar refractivity (Wildman–Crippen MR) is 258 cm³/mol. The van der Waals surface area contributed by atoms with Gasteiger partial charge in [0, 0.05) is 38.7 Å². The quantitative estimate of drug-likeness (QED) is 0.159. The lowest BCUT2D eigenvalue weighted by Gasteiger charge is -2.45. The Morgan fingerprint density at radius 1 is 0.492 bits per heavy atom. The zero-order valence-electron chi connectivity index (χ0n) is 38.6. The van der Waals surface area contributed by atoms with Gasteiger partial charge < -0.3 is 9.38 Å². The van der Waals surface area contributed by atoms with Crippen LogP contribution in [-0.4, -0.2) is 11.3 Å². The third kappa shape index (κ3) is 4.77. The van der Waals surface area contributed by atoms with Crippen LogP contribution in [-0.2, 0) is 10.8 Å². The van der Waals surface area contributed by atoms with Gasteiger partial charge in [-0.25, -0.2) is 0 Å². The van der Waals surface area contributed by atoms with Crippen LogP contribution < -0.4 is 15.8 Å². The Kier molecular flexibility index (Phi) is 7.95. The van der Waals surface area contributed by atoms with Crippen molar-refractivity contribution in [2.24, 2.45) is 0 Å². The van der Waals surface area contributed by atoms with Crippen LogP contribution in [0.2, 0.25) is 0 Å². The maximum absolute atomic E-state index is 2.77. The summed E-state index contributed by atoms with van der Waals surface area (Å²) < 4.78 is 2.77. The van der Waals surface area contributed by atoms with Crippen LogP contribution in [0.25, 0.3) is 44.1 Å². The van der Waals surface area contributed by atoms with Crippen LogP contribution in [0.3, 0.4) is 0 Å². The Bertz CT molecular complexity index is 3040. The molecule has 0 radical (unpaired) electrons. The average molecular weight is 773 g/mol. The Morgan fingerprint density at radius 2 is 1.05 bits per heavy atom. The molecule has 3 heteroatoms. The maximum Gasteiger partial charge on any atom is 0.333 e. The van der Waals surface area contributed by atoms with E-state index in [0.29, 0.717) is 0 Å². The largest absolute Gasteiger partial charge is 0.375 e. The molecule has 7 aromatic rings. The van der Waals surface area contributed by atoms with Crippen molar-refractivity contribution in [1.82, 2.24) is 4.48 Å². The minimum absolute atomic E-state index is 0.0197. The first-order chi connectivity index (χ1) is 27.8. The van der Waals surface area contributed by atoms with Crippen LogP contribution in [0.15, 0.2) is 54.6 Å². The summed E-state index contributed by atoms with van der Waals surface area (Å²) in [6, 6.07) is 21.9. The summed E-state index contributed by atoms with van der Waals surface area (Å²) in [5, 5.41) is 2.77.